The van der Waals surface area contributed by atoms with Crippen LogP contribution in [0.4, 0.5) is 19.0 Å². The van der Waals surface area contributed by atoms with Gasteiger partial charge in [0.15, 0.2) is 0 Å². The third kappa shape index (κ3) is 1.63. The van der Waals surface area contributed by atoms with Gasteiger partial charge in [-0.2, -0.15) is 13.2 Å². The van der Waals surface area contributed by atoms with Crippen molar-refractivity contribution in [3.63, 3.8) is 0 Å². The minimum Gasteiger partial charge on any atom is -0.373 e. The maximum Gasteiger partial charge on any atom is 0.421 e. The molecule has 66 valence electrons. The number of anilines is 1. The first-order chi connectivity index (χ1) is 5.55. The summed E-state index contributed by atoms with van der Waals surface area (Å²) in [7, 11) is 1.37. The first-order valence-corrected chi connectivity index (χ1v) is 3.10. The average Bonchev–Trinajstić information content (AvgIpc) is 2.03. The molecular weight excluding hydrogens is 171 g/mol. The molecule has 1 heterocycles. The summed E-state index contributed by atoms with van der Waals surface area (Å²) in [6.07, 6.45) is -2.61. The van der Waals surface area contributed by atoms with E-state index in [0.717, 1.165) is 12.5 Å². The van der Waals surface area contributed by atoms with Gasteiger partial charge in [0.25, 0.3) is 0 Å². The highest BCUT2D eigenvalue weighted by molar-refractivity contribution is 5.43. The van der Waals surface area contributed by atoms with E-state index in [9.17, 15) is 13.2 Å². The Labute approximate surface area is 66.6 Å². The van der Waals surface area contributed by atoms with Crippen LogP contribution in [0.15, 0.2) is 12.5 Å². The molecule has 0 saturated carbocycles. The van der Waals surface area contributed by atoms with Crippen molar-refractivity contribution in [2.24, 2.45) is 0 Å². The van der Waals surface area contributed by atoms with Gasteiger partial charge < -0.3 is 5.32 Å². The number of nitrogens with one attached hydrogen (secondary N) is 1. The second-order valence-corrected chi connectivity index (χ2v) is 2.03. The summed E-state index contributed by atoms with van der Waals surface area (Å²) < 4.78 is 36.3. The Balaban J connectivity index is 3.14. The molecule has 0 aliphatic carbocycles. The van der Waals surface area contributed by atoms with E-state index in [1.54, 1.807) is 0 Å². The van der Waals surface area contributed by atoms with Crippen LogP contribution in [-0.2, 0) is 6.18 Å². The van der Waals surface area contributed by atoms with Crippen molar-refractivity contribution < 1.29 is 13.2 Å². The third-order valence-electron chi connectivity index (χ3n) is 1.25. The van der Waals surface area contributed by atoms with Crippen LogP contribution in [0.2, 0.25) is 0 Å². The standard InChI is InChI=1S/C6H6F3N3/c1-10-5-4(6(7,8)9)2-11-3-12-5/h2-3H,1H3,(H,10,11,12). The summed E-state index contributed by atoms with van der Waals surface area (Å²) in [5.74, 6) is -0.211. The number of rotatable bonds is 1. The summed E-state index contributed by atoms with van der Waals surface area (Å²) in [4.78, 5) is 6.71. The molecule has 12 heavy (non-hydrogen) atoms. The predicted molar refractivity (Wildman–Crippen MR) is 36.6 cm³/mol. The maximum atomic E-state index is 12.1. The van der Waals surface area contributed by atoms with E-state index in [1.807, 2.05) is 0 Å². The largest absolute Gasteiger partial charge is 0.421 e. The Morgan fingerprint density at radius 2 is 2.08 bits per heavy atom. The zero-order valence-electron chi connectivity index (χ0n) is 6.18. The zero-order chi connectivity index (χ0) is 9.19. The normalized spacial score (nSPS) is 11.3. The molecule has 6 heteroatoms. The Morgan fingerprint density at radius 3 is 2.50 bits per heavy atom. The van der Waals surface area contributed by atoms with Crippen LogP contribution in [0.25, 0.3) is 0 Å². The molecule has 1 N–H and O–H groups in total. The molecule has 0 bridgehead atoms. The lowest BCUT2D eigenvalue weighted by atomic mass is 10.3. The smallest absolute Gasteiger partial charge is 0.373 e. The van der Waals surface area contributed by atoms with Gasteiger partial charge in [-0.3, -0.25) is 0 Å². The Bertz CT molecular complexity index is 271. The van der Waals surface area contributed by atoms with E-state index in [-0.39, 0.29) is 5.82 Å². The molecular formula is C6H6F3N3. The van der Waals surface area contributed by atoms with E-state index in [2.05, 4.69) is 15.3 Å². The topological polar surface area (TPSA) is 37.8 Å². The minimum absolute atomic E-state index is 0.211. The maximum absolute atomic E-state index is 12.1. The summed E-state index contributed by atoms with van der Waals surface area (Å²) in [6.45, 7) is 0. The van der Waals surface area contributed by atoms with Crippen LogP contribution < -0.4 is 5.32 Å². The van der Waals surface area contributed by atoms with Crippen LogP contribution >= 0.6 is 0 Å². The van der Waals surface area contributed by atoms with E-state index in [4.69, 9.17) is 0 Å². The molecule has 0 aliphatic heterocycles. The summed E-state index contributed by atoms with van der Waals surface area (Å²) in [5.41, 5.74) is -0.854. The lowest BCUT2D eigenvalue weighted by molar-refractivity contribution is -0.137. The monoisotopic (exact) mass is 177 g/mol. The fourth-order valence-electron chi connectivity index (χ4n) is 0.736. The Morgan fingerprint density at radius 1 is 1.42 bits per heavy atom. The lowest BCUT2D eigenvalue weighted by Crippen LogP contribution is -2.10. The quantitative estimate of drug-likeness (QED) is 0.706. The fourth-order valence-corrected chi connectivity index (χ4v) is 0.736. The number of halogens is 3. The van der Waals surface area contributed by atoms with Crippen molar-refractivity contribution in [1.82, 2.24) is 9.97 Å². The molecule has 0 aromatic carbocycles. The number of aromatic nitrogens is 2. The molecule has 0 fully saturated rings. The second-order valence-electron chi connectivity index (χ2n) is 2.03. The van der Waals surface area contributed by atoms with E-state index >= 15 is 0 Å². The predicted octanol–water partition coefficient (Wildman–Crippen LogP) is 1.54. The molecule has 0 amide bonds. The van der Waals surface area contributed by atoms with Gasteiger partial charge >= 0.3 is 6.18 Å². The van der Waals surface area contributed by atoms with Gasteiger partial charge in [0.2, 0.25) is 0 Å². The molecule has 0 spiro atoms. The average molecular weight is 177 g/mol. The van der Waals surface area contributed by atoms with Crippen LogP contribution in [0.5, 0.6) is 0 Å². The first kappa shape index (κ1) is 8.76. The molecule has 1 aromatic rings. The lowest BCUT2D eigenvalue weighted by Gasteiger charge is -2.09. The van der Waals surface area contributed by atoms with Gasteiger partial charge in [0.05, 0.1) is 0 Å². The van der Waals surface area contributed by atoms with Crippen molar-refractivity contribution in [3.8, 4) is 0 Å². The van der Waals surface area contributed by atoms with Gasteiger partial charge in [-0.05, 0) is 0 Å². The van der Waals surface area contributed by atoms with Crippen molar-refractivity contribution in [2.75, 3.05) is 12.4 Å². The third-order valence-corrected chi connectivity index (χ3v) is 1.25. The molecule has 0 aliphatic rings. The van der Waals surface area contributed by atoms with Crippen LogP contribution in [0, 0.1) is 0 Å². The fraction of sp³-hybridized carbons (Fsp3) is 0.333. The zero-order valence-corrected chi connectivity index (χ0v) is 6.18. The van der Waals surface area contributed by atoms with E-state index in [0.29, 0.717) is 0 Å². The summed E-state index contributed by atoms with van der Waals surface area (Å²) in [5, 5.41) is 2.33. The highest BCUT2D eigenvalue weighted by Gasteiger charge is 2.34. The van der Waals surface area contributed by atoms with Gasteiger partial charge in [0.1, 0.15) is 17.7 Å². The Kier molecular flexibility index (Phi) is 2.16. The van der Waals surface area contributed by atoms with Crippen molar-refractivity contribution in [3.05, 3.63) is 18.1 Å². The molecule has 0 unspecified atom stereocenters. The van der Waals surface area contributed by atoms with Crippen molar-refractivity contribution >= 4 is 5.82 Å². The van der Waals surface area contributed by atoms with Gasteiger partial charge in [-0.1, -0.05) is 0 Å². The van der Waals surface area contributed by atoms with Gasteiger partial charge in [0, 0.05) is 13.2 Å². The molecule has 0 atom stereocenters. The number of alkyl halides is 3. The van der Waals surface area contributed by atoms with Crippen LogP contribution in [-0.4, -0.2) is 17.0 Å². The van der Waals surface area contributed by atoms with Gasteiger partial charge in [-0.15, -0.1) is 0 Å². The van der Waals surface area contributed by atoms with Crippen LogP contribution in [0.3, 0.4) is 0 Å². The number of hydrogen-bond donors (Lipinski definition) is 1. The Hall–Kier alpha value is -1.33. The minimum atomic E-state index is -4.40. The molecule has 1 rings (SSSR count). The van der Waals surface area contributed by atoms with E-state index in [1.165, 1.54) is 7.05 Å². The summed E-state index contributed by atoms with van der Waals surface area (Å²) in [6, 6.07) is 0. The molecule has 1 aromatic heterocycles. The highest BCUT2D eigenvalue weighted by atomic mass is 19.4. The first-order valence-electron chi connectivity index (χ1n) is 3.10. The van der Waals surface area contributed by atoms with Crippen molar-refractivity contribution in [2.45, 2.75) is 6.18 Å². The molecule has 0 radical (unpaired) electrons. The molecule has 3 nitrogen and oxygen atoms in total. The second kappa shape index (κ2) is 2.96. The molecule has 0 saturated heterocycles. The highest BCUT2D eigenvalue weighted by Crippen LogP contribution is 2.32. The van der Waals surface area contributed by atoms with Crippen LogP contribution in [0.1, 0.15) is 5.56 Å². The number of nitrogens with zero attached hydrogens (tertiary/aromatic N) is 2. The van der Waals surface area contributed by atoms with Crippen molar-refractivity contribution in [1.29, 1.82) is 0 Å². The van der Waals surface area contributed by atoms with Gasteiger partial charge in [-0.25, -0.2) is 9.97 Å². The number of hydrogen-bond acceptors (Lipinski definition) is 3. The summed E-state index contributed by atoms with van der Waals surface area (Å²) >= 11 is 0. The SMILES string of the molecule is CNc1ncncc1C(F)(F)F. The van der Waals surface area contributed by atoms with E-state index < -0.39 is 11.7 Å².